The Morgan fingerprint density at radius 3 is 2.48 bits per heavy atom. The van der Waals surface area contributed by atoms with E-state index in [0.717, 1.165) is 25.0 Å². The Labute approximate surface area is 147 Å². The van der Waals surface area contributed by atoms with Gasteiger partial charge in [-0.25, -0.2) is 4.39 Å². The number of aromatic nitrogens is 2. The van der Waals surface area contributed by atoms with Crippen molar-refractivity contribution in [2.75, 3.05) is 6.54 Å². The van der Waals surface area contributed by atoms with Gasteiger partial charge in [-0.3, -0.25) is 9.48 Å². The van der Waals surface area contributed by atoms with E-state index in [4.69, 9.17) is 0 Å². The minimum absolute atomic E-state index is 0.0931. The van der Waals surface area contributed by atoms with Crippen molar-refractivity contribution in [3.8, 4) is 0 Å². The summed E-state index contributed by atoms with van der Waals surface area (Å²) < 4.78 is 16.1. The first-order valence-corrected chi connectivity index (χ1v) is 9.02. The maximum absolute atomic E-state index is 14.1. The molecule has 1 aliphatic heterocycles. The lowest BCUT2D eigenvalue weighted by atomic mass is 9.94. The molecule has 1 unspecified atom stereocenters. The lowest BCUT2D eigenvalue weighted by Crippen LogP contribution is -2.45. The van der Waals surface area contributed by atoms with Gasteiger partial charge in [-0.2, -0.15) is 5.10 Å². The van der Waals surface area contributed by atoms with Crippen molar-refractivity contribution < 1.29 is 9.18 Å². The molecule has 5 heteroatoms. The number of nitrogens with zero attached hydrogens (tertiary/aromatic N) is 3. The van der Waals surface area contributed by atoms with Gasteiger partial charge in [-0.1, -0.05) is 18.2 Å². The van der Waals surface area contributed by atoms with Crippen molar-refractivity contribution in [2.45, 2.75) is 57.5 Å². The van der Waals surface area contributed by atoms with Gasteiger partial charge in [0.2, 0.25) is 0 Å². The fourth-order valence-corrected chi connectivity index (χ4v) is 3.55. The third-order valence-electron chi connectivity index (χ3n) is 5.13. The van der Waals surface area contributed by atoms with Crippen LogP contribution >= 0.6 is 0 Å². The predicted octanol–water partition coefficient (Wildman–Crippen LogP) is 4.24. The molecule has 0 radical (unpaired) electrons. The molecule has 2 heterocycles. The summed E-state index contributed by atoms with van der Waals surface area (Å²) in [6.07, 6.45) is 3.12. The molecule has 4 nitrogen and oxygen atoms in total. The second-order valence-electron chi connectivity index (χ2n) is 8.14. The number of carbonyl (C=O) groups excluding carboxylic acids is 1. The lowest BCUT2D eigenvalue weighted by Gasteiger charge is -2.41. The van der Waals surface area contributed by atoms with Crippen LogP contribution in [0, 0.1) is 5.82 Å². The Balaban J connectivity index is 1.62. The Hall–Kier alpha value is -2.17. The molecule has 2 fully saturated rings. The summed E-state index contributed by atoms with van der Waals surface area (Å²) in [7, 11) is 0. The van der Waals surface area contributed by atoms with Crippen LogP contribution in [0.4, 0.5) is 4.39 Å². The molecule has 4 rings (SSSR count). The van der Waals surface area contributed by atoms with E-state index in [-0.39, 0.29) is 23.3 Å². The molecule has 1 aliphatic carbocycles. The first-order chi connectivity index (χ1) is 11.9. The fourth-order valence-electron chi connectivity index (χ4n) is 3.55. The Kier molecular flexibility index (Phi) is 3.71. The van der Waals surface area contributed by atoms with Gasteiger partial charge in [0.1, 0.15) is 5.82 Å². The number of amides is 1. The average molecular weight is 341 g/mol. The predicted molar refractivity (Wildman–Crippen MR) is 94.0 cm³/mol. The van der Waals surface area contributed by atoms with Crippen molar-refractivity contribution in [2.24, 2.45) is 0 Å². The molecule has 1 aromatic heterocycles. The molecule has 0 bridgehead atoms. The van der Waals surface area contributed by atoms with E-state index in [9.17, 15) is 9.18 Å². The molecule has 1 saturated carbocycles. The highest BCUT2D eigenvalue weighted by atomic mass is 19.1. The molecule has 1 aromatic carbocycles. The summed E-state index contributed by atoms with van der Waals surface area (Å²) in [5.41, 5.74) is 2.08. The third-order valence-corrected chi connectivity index (χ3v) is 5.13. The zero-order valence-electron chi connectivity index (χ0n) is 15.0. The highest BCUT2D eigenvalue weighted by Crippen LogP contribution is 2.42. The zero-order valence-corrected chi connectivity index (χ0v) is 15.0. The largest absolute Gasteiger partial charge is 0.330 e. The standard InChI is InChI=1S/C20H24FN3O/c1-20(2,3)24-18(13-8-9-13)12-16(22-24)19(25)23-11-10-17(23)14-6-4-5-7-15(14)21/h4-7,12-13,17H,8-11H2,1-3H3. The van der Waals surface area contributed by atoms with Gasteiger partial charge >= 0.3 is 0 Å². The molecule has 25 heavy (non-hydrogen) atoms. The lowest BCUT2D eigenvalue weighted by molar-refractivity contribution is 0.0445. The van der Waals surface area contributed by atoms with Crippen LogP contribution in [0.5, 0.6) is 0 Å². The van der Waals surface area contributed by atoms with E-state index in [1.54, 1.807) is 17.0 Å². The van der Waals surface area contributed by atoms with Crippen LogP contribution in [0.3, 0.4) is 0 Å². The Morgan fingerprint density at radius 2 is 1.92 bits per heavy atom. The van der Waals surface area contributed by atoms with Crippen molar-refractivity contribution in [1.82, 2.24) is 14.7 Å². The van der Waals surface area contributed by atoms with Crippen LogP contribution in [-0.4, -0.2) is 27.1 Å². The van der Waals surface area contributed by atoms with E-state index in [1.165, 1.54) is 6.07 Å². The molecule has 2 aromatic rings. The van der Waals surface area contributed by atoms with E-state index < -0.39 is 0 Å². The summed E-state index contributed by atoms with van der Waals surface area (Å²) in [6.45, 7) is 6.96. The molecular weight excluding hydrogens is 317 g/mol. The maximum atomic E-state index is 14.1. The topological polar surface area (TPSA) is 38.1 Å². The summed E-state index contributed by atoms with van der Waals surface area (Å²) in [5, 5.41) is 4.63. The van der Waals surface area contributed by atoms with Gasteiger partial charge < -0.3 is 4.90 Å². The molecule has 2 aliphatic rings. The molecule has 1 saturated heterocycles. The number of rotatable bonds is 3. The van der Waals surface area contributed by atoms with Gasteiger partial charge in [-0.15, -0.1) is 0 Å². The second kappa shape index (κ2) is 5.68. The summed E-state index contributed by atoms with van der Waals surface area (Å²) in [6, 6.07) is 8.48. The van der Waals surface area contributed by atoms with E-state index in [1.807, 2.05) is 16.8 Å². The Morgan fingerprint density at radius 1 is 1.20 bits per heavy atom. The van der Waals surface area contributed by atoms with Crippen molar-refractivity contribution >= 4 is 5.91 Å². The van der Waals surface area contributed by atoms with Crippen LogP contribution in [-0.2, 0) is 5.54 Å². The third kappa shape index (κ3) is 2.86. The van der Waals surface area contributed by atoms with Crippen LogP contribution in [0.2, 0.25) is 0 Å². The van der Waals surface area contributed by atoms with Gasteiger partial charge in [0, 0.05) is 23.7 Å². The molecular formula is C20H24FN3O. The summed E-state index contributed by atoms with van der Waals surface area (Å²) in [4.78, 5) is 14.7. The van der Waals surface area contributed by atoms with Crippen LogP contribution in [0.25, 0.3) is 0 Å². The quantitative estimate of drug-likeness (QED) is 0.837. The normalized spacial score (nSPS) is 20.5. The van der Waals surface area contributed by atoms with Gasteiger partial charge in [-0.05, 0) is 52.2 Å². The first-order valence-electron chi connectivity index (χ1n) is 9.02. The molecule has 132 valence electrons. The number of halogens is 1. The number of carbonyl (C=O) groups is 1. The number of hydrogen-bond donors (Lipinski definition) is 0. The summed E-state index contributed by atoms with van der Waals surface area (Å²) in [5.74, 6) is 0.181. The van der Waals surface area contributed by atoms with Crippen LogP contribution in [0.1, 0.15) is 73.7 Å². The highest BCUT2D eigenvalue weighted by Gasteiger charge is 2.38. The van der Waals surface area contributed by atoms with Gasteiger partial charge in [0.05, 0.1) is 11.6 Å². The Bertz CT molecular complexity index is 817. The highest BCUT2D eigenvalue weighted by molar-refractivity contribution is 5.93. The van der Waals surface area contributed by atoms with Crippen molar-refractivity contribution in [3.05, 3.63) is 53.1 Å². The van der Waals surface area contributed by atoms with E-state index >= 15 is 0 Å². The van der Waals surface area contributed by atoms with Crippen LogP contribution in [0.15, 0.2) is 30.3 Å². The monoisotopic (exact) mass is 341 g/mol. The van der Waals surface area contributed by atoms with Gasteiger partial charge in [0.15, 0.2) is 5.69 Å². The van der Waals surface area contributed by atoms with Crippen molar-refractivity contribution in [1.29, 1.82) is 0 Å². The number of benzene rings is 1. The number of hydrogen-bond acceptors (Lipinski definition) is 2. The van der Waals surface area contributed by atoms with Crippen LogP contribution < -0.4 is 0 Å². The maximum Gasteiger partial charge on any atom is 0.274 e. The smallest absolute Gasteiger partial charge is 0.274 e. The summed E-state index contributed by atoms with van der Waals surface area (Å²) >= 11 is 0. The first kappa shape index (κ1) is 16.3. The van der Waals surface area contributed by atoms with E-state index in [0.29, 0.717) is 23.7 Å². The average Bonchev–Trinajstić information content (AvgIpc) is 3.25. The number of likely N-dealkylation sites (tertiary alicyclic amines) is 1. The van der Waals surface area contributed by atoms with Gasteiger partial charge in [0.25, 0.3) is 5.91 Å². The minimum Gasteiger partial charge on any atom is -0.330 e. The molecule has 0 spiro atoms. The molecule has 1 atom stereocenters. The van der Waals surface area contributed by atoms with E-state index in [2.05, 4.69) is 25.9 Å². The second-order valence-corrected chi connectivity index (χ2v) is 8.14. The molecule has 1 amide bonds. The van der Waals surface area contributed by atoms with Crippen molar-refractivity contribution in [3.63, 3.8) is 0 Å². The minimum atomic E-state index is -0.246. The zero-order chi connectivity index (χ0) is 17.8. The SMILES string of the molecule is CC(C)(C)n1nc(C(=O)N2CCC2c2ccccc2F)cc1C1CC1. The fraction of sp³-hybridized carbons (Fsp3) is 0.500. The molecule has 0 N–H and O–H groups in total.